The molecule has 8 heterocycles. The number of piperidine rings is 4. The molecule has 0 aliphatic carbocycles. The Morgan fingerprint density at radius 1 is 0.383 bits per heavy atom. The zero-order valence-electron chi connectivity index (χ0n) is 156. The third-order valence-corrected chi connectivity index (χ3v) is 18.5. The van der Waals surface area contributed by atoms with Gasteiger partial charge in [-0.05, 0) is 191 Å². The first-order chi connectivity index (χ1) is 92.0. The Morgan fingerprint density at radius 3 is 0.933 bits per heavy atom. The summed E-state index contributed by atoms with van der Waals surface area (Å²) in [4.78, 5) is 57.0. The fourth-order valence-corrected chi connectivity index (χ4v) is 12.9. The Balaban J connectivity index is 0.000000302. The van der Waals surface area contributed by atoms with Gasteiger partial charge < -0.3 is 79.8 Å². The van der Waals surface area contributed by atoms with Gasteiger partial charge in [-0.1, -0.05) is 110 Å². The highest BCUT2D eigenvalue weighted by atomic mass is 16.6. The van der Waals surface area contributed by atoms with Gasteiger partial charge in [0.15, 0.2) is 46.0 Å². The second-order valence-corrected chi connectivity index (χ2v) is 26.5. The summed E-state index contributed by atoms with van der Waals surface area (Å²) in [6.45, 7) is -62.5. The van der Waals surface area contributed by atoms with Crippen LogP contribution in [0, 0.1) is 70.8 Å². The van der Waals surface area contributed by atoms with Gasteiger partial charge in [-0.2, -0.15) is 0 Å². The molecule has 0 bridgehead atoms. The molecular formula is C96H152N8O16. The minimum absolute atomic E-state index is 0.407. The van der Waals surface area contributed by atoms with Gasteiger partial charge in [0, 0.05) is 219 Å². The van der Waals surface area contributed by atoms with Crippen molar-refractivity contribution in [2.24, 2.45) is 93.8 Å². The molecule has 4 fully saturated rings. The summed E-state index contributed by atoms with van der Waals surface area (Å²) in [6.07, 6.45) is -45.4. The average Bonchev–Trinajstić information content (AvgIpc) is 0.672. The summed E-state index contributed by atoms with van der Waals surface area (Å²) in [5, 5.41) is 0. The van der Waals surface area contributed by atoms with Crippen LogP contribution in [0.15, 0.2) is 48.3 Å². The summed E-state index contributed by atoms with van der Waals surface area (Å²) >= 11 is 0. The lowest BCUT2D eigenvalue weighted by molar-refractivity contribution is -0.161. The van der Waals surface area contributed by atoms with Crippen LogP contribution in [-0.4, -0.2) is 201 Å². The molecule has 4 aromatic rings. The molecule has 0 aromatic heterocycles. The zero-order valence-corrected chi connectivity index (χ0v) is 65.9. The van der Waals surface area contributed by atoms with E-state index in [2.05, 4.69) is 0 Å². The lowest BCUT2D eigenvalue weighted by Crippen LogP contribution is -2.51. The number of hydrogen-bond acceptors (Lipinski definition) is 24. The predicted molar refractivity (Wildman–Crippen MR) is 471 cm³/mol. The Bertz CT molecular complexity index is 7970. The molecule has 8 N–H and O–H groups in total. The average molecular weight is 1760 g/mol. The third kappa shape index (κ3) is 23.8. The first-order valence-electron chi connectivity index (χ1n) is 80.4. The molecule has 0 amide bonds. The van der Waals surface area contributed by atoms with Crippen molar-refractivity contribution in [2.45, 2.75) is 259 Å². The standard InChI is InChI=1S/4C24H38N2O4/c4*1-14(2)9-17-13-26-8-7-16-10-21(28-5)22(29-6)11-18(16)19(26)12-20(17)30-24(27)23(25)15(3)4/h4*10-11,14-15,17,19-20,23H,7-9,12-13,25H2,1-6H3/t4*17?,19?,20?,23-/m0000/s1/i2*1D3,3D3,4D3,5D3,7D2,8D2,9D2,10D,11D,14D,15D,20D,23D;1D3,3D3,4D3,7D2,8D2,9D2,10D,11D,14D,15D,20D,23D;1D3,3D3,4D3,7D2,8D2,9D2,10D,11D,14D,15D,19D,23D/t4*14?,17?,19?,20?,23-. The molecule has 120 heavy (non-hydrogen) atoms. The summed E-state index contributed by atoms with van der Waals surface area (Å²) in [6, 6.07) is -32.4. The molecule has 24 heteroatoms. The van der Waals surface area contributed by atoms with Crippen LogP contribution in [0.2, 0.25) is 0 Å². The van der Waals surface area contributed by atoms with E-state index in [1.807, 2.05) is 0 Å². The van der Waals surface area contributed by atoms with E-state index in [4.69, 9.17) is 198 Å². The Morgan fingerprint density at radius 2 is 0.642 bits per heavy atom. The van der Waals surface area contributed by atoms with Crippen molar-refractivity contribution < 1.29 is 199 Å². The van der Waals surface area contributed by atoms with Gasteiger partial charge >= 0.3 is 23.9 Å². The number of ether oxygens (including phenoxy) is 12. The molecule has 8 aliphatic heterocycles. The van der Waals surface area contributed by atoms with Crippen molar-refractivity contribution in [1.82, 2.24) is 19.6 Å². The molecule has 4 aromatic carbocycles. The molecule has 20 atom stereocenters. The van der Waals surface area contributed by atoms with Gasteiger partial charge in [-0.3, -0.25) is 38.8 Å². The van der Waals surface area contributed by atoms with E-state index < -0.39 is 531 Å². The molecule has 0 saturated carbocycles. The normalized spacial score (nSPS) is 47.0. The van der Waals surface area contributed by atoms with Crippen molar-refractivity contribution in [3.63, 3.8) is 0 Å². The maximum atomic E-state index is 13.8. The van der Waals surface area contributed by atoms with Gasteiger partial charge in [-0.15, -0.1) is 0 Å². The summed E-state index contributed by atoms with van der Waals surface area (Å²) in [7, 11) is -0.599. The number of carbonyl (C=O) groups excluding carboxylic acids is 4. The predicted octanol–water partition coefficient (Wildman–Crippen LogP) is 14.3. The van der Waals surface area contributed by atoms with Crippen LogP contribution in [0.4, 0.5) is 0 Å². The Hall–Kier alpha value is -7.16. The molecule has 24 nitrogen and oxygen atoms in total. The lowest BCUT2D eigenvalue weighted by atomic mass is 9.79. The van der Waals surface area contributed by atoms with Crippen LogP contribution in [0.1, 0.15) is 353 Å². The number of rotatable bonds is 28. The molecular weight excluding hydrogens is 1520 g/mol. The second-order valence-electron chi connectivity index (χ2n) is 26.5. The third-order valence-electron chi connectivity index (χ3n) is 18.5. The van der Waals surface area contributed by atoms with E-state index in [0.29, 0.717) is 47.3 Å². The van der Waals surface area contributed by atoms with Gasteiger partial charge in [0.1, 0.15) is 48.4 Å². The maximum absolute atomic E-state index is 13.8. The Kier molecular flexibility index (Phi) is 11.6. The van der Waals surface area contributed by atoms with E-state index >= 15 is 0 Å². The molecule has 8 aliphatic rings. The van der Waals surface area contributed by atoms with Crippen LogP contribution < -0.4 is 60.8 Å². The van der Waals surface area contributed by atoms with Gasteiger partial charge in [-0.25, -0.2) is 0 Å². The van der Waals surface area contributed by atoms with Gasteiger partial charge in [0.25, 0.3) is 0 Å². The fraction of sp³-hybridized carbons (Fsp3) is 0.708. The van der Waals surface area contributed by atoms with Crippen LogP contribution in [0.5, 0.6) is 46.0 Å². The van der Waals surface area contributed by atoms with Crippen molar-refractivity contribution in [3.05, 3.63) is 92.8 Å². The zero-order chi connectivity index (χ0) is 166. The topological polar surface area (TPSA) is 296 Å². The molecule has 12 rings (SSSR count). The smallest absolute Gasteiger partial charge is 0.323 e. The van der Waals surface area contributed by atoms with Gasteiger partial charge in [0.05, 0.1) is 86.9 Å². The minimum Gasteiger partial charge on any atom is -0.493 e. The lowest BCUT2D eigenvalue weighted by Gasteiger charge is -2.47. The number of esters is 4. The fourth-order valence-electron chi connectivity index (χ4n) is 12.9. The molecule has 0 radical (unpaired) electrons. The van der Waals surface area contributed by atoms with E-state index in [1.54, 1.807) is 0 Å². The van der Waals surface area contributed by atoms with Crippen molar-refractivity contribution >= 4 is 23.9 Å². The molecule has 4 saturated heterocycles. The van der Waals surface area contributed by atoms with Crippen molar-refractivity contribution in [3.8, 4) is 46.0 Å². The minimum atomic E-state index is -4.20. The number of benzene rings is 4. The first-order valence-corrected chi connectivity index (χ1v) is 35.4. The molecule has 16 unspecified atom stereocenters. The quantitative estimate of drug-likeness (QED) is 0.0303. The summed E-state index contributed by atoms with van der Waals surface area (Å²) < 4.78 is 808. The first kappa shape index (κ1) is 31.8. The van der Waals surface area contributed by atoms with E-state index in [-0.39, 0.29) is 0 Å². The number of methoxy groups -OCH3 is 8. The van der Waals surface area contributed by atoms with E-state index in [0.717, 1.165) is 42.7 Å². The summed E-state index contributed by atoms with van der Waals surface area (Å²) in [5.74, 6) is -54.6. The van der Waals surface area contributed by atoms with Crippen LogP contribution in [0.25, 0.3) is 0 Å². The van der Waals surface area contributed by atoms with Crippen LogP contribution >= 0.6 is 0 Å². The number of fused-ring (bicyclic) bond motifs is 12. The van der Waals surface area contributed by atoms with Gasteiger partial charge in [0.2, 0.25) is 0 Å². The highest BCUT2D eigenvalue weighted by Crippen LogP contribution is 2.50. The number of nitrogens with two attached hydrogens (primary N) is 4. The Labute approximate surface area is 845 Å². The van der Waals surface area contributed by atoms with Crippen LogP contribution in [0.3, 0.4) is 0 Å². The maximum Gasteiger partial charge on any atom is 0.323 e. The van der Waals surface area contributed by atoms with Crippen molar-refractivity contribution in [2.75, 3.05) is 109 Å². The van der Waals surface area contributed by atoms with E-state index in [1.165, 1.54) is 0 Å². The SMILES string of the molecule is [2H]c1c(OC)c(OC([2H])([2H])[2H])c([2H])c2c1C1CC([2H])(OC(=O)[C@@]([2H])(N)C([2H])(C([2H])([2H])[2H])C([2H])([2H])[2H])C(C([2H])([2H])C([2H])(C)C([2H])([2H])[2H])CN1C([2H])([2H])C2([2H])[2H].[2H]c1c(OC)c(OC([2H])([2H])[2H])c([2H])c2c1C1CC([2H])(OC(=O)[C@@]([2H])(N)C([2H])(C([2H])([2H])[2H])C([2H])([2H])[2H])C(C([2H])([2H])C([2H])(C)C([2H])([2H])[2H])CN1C([2H])([2H])C2([2H])[2H].[2H]c1c(OC)c(OC)c([2H])c2c1C1([2H])CC(OC(=O)[C@@]([2H])(N)C([2H])(C([2H])([2H])[2H])C([2H])([2H])[2H])C(C([2H])([2H])C([2H])(C)C([2H])([2H])[2H])CN1C([2H])([2H])C2([2H])[2H].[2H]c1c(OC)c(OC)c([2H])c2c1C1CC([2H])(OC(=O)[C@@]([2H])(N)C([2H])(C([2H])([2H])[2H])C([2H])([2H])[2H])C(C([2H])([2H])C([2H])(C)C([2H])([2H])[2H])CN1C([2H])([2H])C2([2H])[2H]. The van der Waals surface area contributed by atoms with Crippen molar-refractivity contribution in [1.29, 1.82) is 0 Å². The largest absolute Gasteiger partial charge is 0.493 e. The summed E-state index contributed by atoms with van der Waals surface area (Å²) in [5.41, 5.74) is 16.3. The molecule has 0 spiro atoms. The van der Waals surface area contributed by atoms with Crippen LogP contribution in [-0.2, 0) is 63.6 Å². The molecule has 672 valence electrons. The second kappa shape index (κ2) is 43.9. The monoisotopic (exact) mass is 1760 g/mol. The number of hydrogen-bond donors (Lipinski definition) is 4. The number of nitrogens with zero attached hydrogens (tertiary/aromatic N) is 4. The van der Waals surface area contributed by atoms with E-state index in [9.17, 15) is 24.7 Å². The number of carbonyl (C=O) groups is 4. The highest BCUT2D eigenvalue weighted by molar-refractivity contribution is 5.77. The highest BCUT2D eigenvalue weighted by Gasteiger charge is 2.47.